The molecule has 2 N–H and O–H groups in total. The van der Waals surface area contributed by atoms with Gasteiger partial charge in [0.05, 0.1) is 35.0 Å². The number of hydrogen-bond acceptors (Lipinski definition) is 7. The van der Waals surface area contributed by atoms with E-state index in [2.05, 4.69) is 50.0 Å². The minimum Gasteiger partial charge on any atom is -0.368 e. The lowest BCUT2D eigenvalue weighted by molar-refractivity contribution is 0.1000. The standard InChI is InChI=1S/C21H26N8O/c1-14(2)27-4-6-28(7-5-27)18-8-16(10-23-12-18)19-13-29(26-25-19)20-9-17(21(22)30)11-24-15(20)3/h8-14H,4-7H2,1-3H3,(H2,22,30). The van der Waals surface area contributed by atoms with Crippen molar-refractivity contribution in [1.82, 2.24) is 29.9 Å². The number of aromatic nitrogens is 5. The van der Waals surface area contributed by atoms with Crippen LogP contribution in [0.25, 0.3) is 16.9 Å². The number of carbonyl (C=O) groups excluding carboxylic acids is 1. The normalized spacial score (nSPS) is 15.0. The number of nitrogens with two attached hydrogens (primary N) is 1. The molecule has 0 aliphatic carbocycles. The van der Waals surface area contributed by atoms with Crippen molar-refractivity contribution in [2.45, 2.75) is 26.8 Å². The molecule has 4 heterocycles. The molecule has 1 saturated heterocycles. The summed E-state index contributed by atoms with van der Waals surface area (Å²) < 4.78 is 1.61. The number of rotatable bonds is 5. The summed E-state index contributed by atoms with van der Waals surface area (Å²) in [4.78, 5) is 25.0. The highest BCUT2D eigenvalue weighted by atomic mass is 16.1. The van der Waals surface area contributed by atoms with Gasteiger partial charge in [-0.15, -0.1) is 5.10 Å². The lowest BCUT2D eigenvalue weighted by atomic mass is 10.2. The average Bonchev–Trinajstić information content (AvgIpc) is 3.24. The van der Waals surface area contributed by atoms with E-state index >= 15 is 0 Å². The van der Waals surface area contributed by atoms with Crippen molar-refractivity contribution in [1.29, 1.82) is 0 Å². The number of hydrogen-bond donors (Lipinski definition) is 1. The van der Waals surface area contributed by atoms with Gasteiger partial charge in [0.1, 0.15) is 5.69 Å². The van der Waals surface area contributed by atoms with Gasteiger partial charge in [-0.25, -0.2) is 4.68 Å². The van der Waals surface area contributed by atoms with Crippen LogP contribution in [0.2, 0.25) is 0 Å². The molecule has 9 heteroatoms. The van der Waals surface area contributed by atoms with Gasteiger partial charge in [0.2, 0.25) is 5.91 Å². The van der Waals surface area contributed by atoms with E-state index in [-0.39, 0.29) is 0 Å². The predicted octanol–water partition coefficient (Wildman–Crippen LogP) is 1.66. The summed E-state index contributed by atoms with van der Waals surface area (Å²) in [5.74, 6) is -0.529. The Labute approximate surface area is 175 Å². The molecule has 30 heavy (non-hydrogen) atoms. The third-order valence-corrected chi connectivity index (χ3v) is 5.51. The van der Waals surface area contributed by atoms with Crippen molar-refractivity contribution < 1.29 is 4.79 Å². The van der Waals surface area contributed by atoms with E-state index in [4.69, 9.17) is 5.73 Å². The van der Waals surface area contributed by atoms with Gasteiger partial charge in [-0.3, -0.25) is 19.7 Å². The highest BCUT2D eigenvalue weighted by Crippen LogP contribution is 2.24. The van der Waals surface area contributed by atoms with Crippen LogP contribution in [0, 0.1) is 6.92 Å². The molecule has 4 rings (SSSR count). The molecular weight excluding hydrogens is 380 g/mol. The summed E-state index contributed by atoms with van der Waals surface area (Å²) in [6.07, 6.45) is 6.95. The molecule has 9 nitrogen and oxygen atoms in total. The van der Waals surface area contributed by atoms with Gasteiger partial charge in [0.15, 0.2) is 0 Å². The largest absolute Gasteiger partial charge is 0.368 e. The van der Waals surface area contributed by atoms with Gasteiger partial charge in [0, 0.05) is 50.2 Å². The fraction of sp³-hybridized carbons (Fsp3) is 0.381. The van der Waals surface area contributed by atoms with Crippen LogP contribution in [-0.2, 0) is 0 Å². The second-order valence-corrected chi connectivity index (χ2v) is 7.79. The van der Waals surface area contributed by atoms with Gasteiger partial charge in [-0.1, -0.05) is 5.21 Å². The molecule has 1 amide bonds. The third-order valence-electron chi connectivity index (χ3n) is 5.51. The Morgan fingerprint density at radius 1 is 1.10 bits per heavy atom. The lowest BCUT2D eigenvalue weighted by Crippen LogP contribution is -2.48. The third kappa shape index (κ3) is 4.02. The summed E-state index contributed by atoms with van der Waals surface area (Å²) in [5, 5.41) is 8.52. The minimum absolute atomic E-state index is 0.330. The first-order valence-corrected chi connectivity index (χ1v) is 10.1. The van der Waals surface area contributed by atoms with Crippen molar-refractivity contribution in [3.05, 3.63) is 48.2 Å². The second-order valence-electron chi connectivity index (χ2n) is 7.79. The molecule has 0 spiro atoms. The number of piperazine rings is 1. The Morgan fingerprint density at radius 3 is 2.57 bits per heavy atom. The van der Waals surface area contributed by atoms with Crippen molar-refractivity contribution in [2.75, 3.05) is 31.1 Å². The first-order valence-electron chi connectivity index (χ1n) is 10.1. The zero-order valence-electron chi connectivity index (χ0n) is 17.5. The Hall–Kier alpha value is -3.33. The van der Waals surface area contributed by atoms with Crippen LogP contribution in [0.5, 0.6) is 0 Å². The van der Waals surface area contributed by atoms with Gasteiger partial charge in [-0.2, -0.15) is 0 Å². The topological polar surface area (TPSA) is 106 Å². The zero-order chi connectivity index (χ0) is 21.3. The average molecular weight is 406 g/mol. The molecule has 3 aromatic heterocycles. The SMILES string of the molecule is Cc1ncc(C(N)=O)cc1-n1cc(-c2cncc(N3CCN(C(C)C)CC3)c2)nn1. The molecule has 0 aromatic carbocycles. The first kappa shape index (κ1) is 20.0. The molecule has 0 radical (unpaired) electrons. The van der Waals surface area contributed by atoms with Crippen LogP contribution in [0.4, 0.5) is 5.69 Å². The second kappa shape index (κ2) is 8.19. The Morgan fingerprint density at radius 2 is 1.87 bits per heavy atom. The number of nitrogens with zero attached hydrogens (tertiary/aromatic N) is 7. The number of pyridine rings is 2. The number of aryl methyl sites for hydroxylation is 1. The highest BCUT2D eigenvalue weighted by molar-refractivity contribution is 5.93. The summed E-state index contributed by atoms with van der Waals surface area (Å²) in [6.45, 7) is 10.3. The van der Waals surface area contributed by atoms with E-state index in [1.54, 1.807) is 16.9 Å². The van der Waals surface area contributed by atoms with Crippen LogP contribution < -0.4 is 10.6 Å². The highest BCUT2D eigenvalue weighted by Gasteiger charge is 2.20. The van der Waals surface area contributed by atoms with E-state index < -0.39 is 5.91 Å². The first-order chi connectivity index (χ1) is 14.4. The van der Waals surface area contributed by atoms with Crippen molar-refractivity contribution in [3.63, 3.8) is 0 Å². The Kier molecular flexibility index (Phi) is 5.45. The summed E-state index contributed by atoms with van der Waals surface area (Å²) in [7, 11) is 0. The number of anilines is 1. The van der Waals surface area contributed by atoms with Gasteiger partial charge in [-0.05, 0) is 32.9 Å². The van der Waals surface area contributed by atoms with E-state index in [0.717, 1.165) is 43.1 Å². The van der Waals surface area contributed by atoms with Gasteiger partial charge >= 0.3 is 0 Å². The molecule has 0 unspecified atom stereocenters. The summed E-state index contributed by atoms with van der Waals surface area (Å²) in [6, 6.07) is 4.33. The number of carbonyl (C=O) groups is 1. The Bertz CT molecular complexity index is 1050. The maximum Gasteiger partial charge on any atom is 0.250 e. The predicted molar refractivity (Wildman–Crippen MR) is 115 cm³/mol. The smallest absolute Gasteiger partial charge is 0.250 e. The molecule has 0 atom stereocenters. The molecule has 156 valence electrons. The molecule has 3 aromatic rings. The quantitative estimate of drug-likeness (QED) is 0.687. The molecular formula is C21H26N8O. The van der Waals surface area contributed by atoms with Crippen LogP contribution in [0.1, 0.15) is 29.9 Å². The maximum atomic E-state index is 11.5. The molecule has 1 fully saturated rings. The lowest BCUT2D eigenvalue weighted by Gasteiger charge is -2.38. The van der Waals surface area contributed by atoms with Gasteiger partial charge in [0.25, 0.3) is 0 Å². The van der Waals surface area contributed by atoms with Crippen LogP contribution in [0.3, 0.4) is 0 Å². The van der Waals surface area contributed by atoms with Crippen LogP contribution >= 0.6 is 0 Å². The molecule has 0 bridgehead atoms. The van der Waals surface area contributed by atoms with Crippen molar-refractivity contribution in [2.24, 2.45) is 5.73 Å². The Balaban J connectivity index is 1.57. The maximum absolute atomic E-state index is 11.5. The van der Waals surface area contributed by atoms with Crippen molar-refractivity contribution >= 4 is 11.6 Å². The summed E-state index contributed by atoms with van der Waals surface area (Å²) in [5.41, 5.74) is 9.78. The van der Waals surface area contributed by atoms with Gasteiger partial charge < -0.3 is 10.6 Å². The van der Waals surface area contributed by atoms with E-state index in [1.165, 1.54) is 6.20 Å². The fourth-order valence-electron chi connectivity index (χ4n) is 3.64. The fourth-order valence-corrected chi connectivity index (χ4v) is 3.64. The molecule has 1 aliphatic rings. The minimum atomic E-state index is -0.529. The number of amides is 1. The monoisotopic (exact) mass is 406 g/mol. The van der Waals surface area contributed by atoms with E-state index in [0.29, 0.717) is 23.0 Å². The zero-order valence-corrected chi connectivity index (χ0v) is 17.5. The van der Waals surface area contributed by atoms with E-state index in [9.17, 15) is 4.79 Å². The summed E-state index contributed by atoms with van der Waals surface area (Å²) >= 11 is 0. The van der Waals surface area contributed by atoms with E-state index in [1.807, 2.05) is 19.3 Å². The molecule has 1 aliphatic heterocycles. The molecule has 0 saturated carbocycles. The number of primary amides is 1. The van der Waals surface area contributed by atoms with Crippen LogP contribution in [0.15, 0.2) is 36.9 Å². The van der Waals surface area contributed by atoms with Crippen LogP contribution in [-0.4, -0.2) is 68.0 Å². The van der Waals surface area contributed by atoms with Crippen molar-refractivity contribution in [3.8, 4) is 16.9 Å².